The standard InChI is InChI=1S/C13H21NO3/c1-3-10-8-14(6-4-12(10)15)13(16)11-5-7-17-9(11)2/h9-11H,3-8H2,1-2H3. The van der Waals surface area contributed by atoms with Crippen LogP contribution in [-0.4, -0.2) is 42.4 Å². The molecule has 0 aromatic heterocycles. The highest BCUT2D eigenvalue weighted by Crippen LogP contribution is 2.25. The maximum absolute atomic E-state index is 12.3. The number of hydrogen-bond acceptors (Lipinski definition) is 3. The molecule has 2 aliphatic rings. The molecule has 3 unspecified atom stereocenters. The van der Waals surface area contributed by atoms with E-state index in [9.17, 15) is 9.59 Å². The molecule has 1 amide bonds. The van der Waals surface area contributed by atoms with Gasteiger partial charge in [-0.2, -0.15) is 0 Å². The molecule has 4 nitrogen and oxygen atoms in total. The van der Waals surface area contributed by atoms with Gasteiger partial charge in [0.05, 0.1) is 12.0 Å². The second kappa shape index (κ2) is 5.17. The summed E-state index contributed by atoms with van der Waals surface area (Å²) < 4.78 is 5.44. The third kappa shape index (κ3) is 2.51. The molecule has 2 rings (SSSR count). The fraction of sp³-hybridized carbons (Fsp3) is 0.846. The first-order chi connectivity index (χ1) is 8.13. The molecule has 0 aliphatic carbocycles. The number of carbonyl (C=O) groups is 2. The second-order valence-electron chi connectivity index (χ2n) is 5.08. The number of hydrogen-bond donors (Lipinski definition) is 0. The summed E-state index contributed by atoms with van der Waals surface area (Å²) in [5.74, 6) is 0.541. The van der Waals surface area contributed by atoms with E-state index in [2.05, 4.69) is 0 Å². The molecule has 0 spiro atoms. The van der Waals surface area contributed by atoms with Gasteiger partial charge in [-0.05, 0) is 19.8 Å². The van der Waals surface area contributed by atoms with E-state index in [1.165, 1.54) is 0 Å². The summed E-state index contributed by atoms with van der Waals surface area (Å²) in [6.07, 6.45) is 2.20. The summed E-state index contributed by atoms with van der Waals surface area (Å²) in [5, 5.41) is 0. The van der Waals surface area contributed by atoms with Crippen molar-refractivity contribution in [2.24, 2.45) is 11.8 Å². The first-order valence-corrected chi connectivity index (χ1v) is 6.56. The number of likely N-dealkylation sites (tertiary alicyclic amines) is 1. The first kappa shape index (κ1) is 12.6. The minimum atomic E-state index is 0.000656. The molecule has 2 aliphatic heterocycles. The van der Waals surface area contributed by atoms with Gasteiger partial charge in [-0.15, -0.1) is 0 Å². The van der Waals surface area contributed by atoms with Crippen LogP contribution < -0.4 is 0 Å². The highest BCUT2D eigenvalue weighted by Gasteiger charge is 2.36. The minimum absolute atomic E-state index is 0.000656. The molecule has 2 saturated heterocycles. The lowest BCUT2D eigenvalue weighted by atomic mass is 9.92. The number of piperidine rings is 1. The normalized spacial score (nSPS) is 34.1. The molecule has 4 heteroatoms. The molecule has 2 fully saturated rings. The maximum Gasteiger partial charge on any atom is 0.228 e. The SMILES string of the molecule is CCC1CN(C(=O)C2CCOC2C)CCC1=O. The number of ether oxygens (including phenoxy) is 1. The van der Waals surface area contributed by atoms with Gasteiger partial charge in [0, 0.05) is 32.0 Å². The molecule has 0 radical (unpaired) electrons. The highest BCUT2D eigenvalue weighted by atomic mass is 16.5. The van der Waals surface area contributed by atoms with Gasteiger partial charge in [-0.25, -0.2) is 0 Å². The van der Waals surface area contributed by atoms with Crippen LogP contribution in [0.5, 0.6) is 0 Å². The molecule has 96 valence electrons. The average molecular weight is 239 g/mol. The zero-order valence-corrected chi connectivity index (χ0v) is 10.6. The Bertz CT molecular complexity index is 316. The van der Waals surface area contributed by atoms with Crippen LogP contribution in [-0.2, 0) is 14.3 Å². The van der Waals surface area contributed by atoms with Gasteiger partial charge in [-0.3, -0.25) is 9.59 Å². The Morgan fingerprint density at radius 2 is 2.29 bits per heavy atom. The molecule has 2 heterocycles. The van der Waals surface area contributed by atoms with Gasteiger partial charge in [0.25, 0.3) is 0 Å². The van der Waals surface area contributed by atoms with E-state index in [4.69, 9.17) is 4.74 Å². The predicted molar refractivity (Wildman–Crippen MR) is 63.5 cm³/mol. The van der Waals surface area contributed by atoms with Crippen molar-refractivity contribution >= 4 is 11.7 Å². The van der Waals surface area contributed by atoms with Crippen LogP contribution in [0, 0.1) is 11.8 Å². The van der Waals surface area contributed by atoms with E-state index < -0.39 is 0 Å². The van der Waals surface area contributed by atoms with Gasteiger partial charge in [0.15, 0.2) is 0 Å². The fourth-order valence-electron chi connectivity index (χ4n) is 2.76. The van der Waals surface area contributed by atoms with E-state index in [1.807, 2.05) is 18.7 Å². The number of Topliss-reactive ketones (excluding diaryl/α,β-unsaturated/α-hetero) is 1. The van der Waals surface area contributed by atoms with Gasteiger partial charge in [0.1, 0.15) is 5.78 Å². The third-order valence-corrected chi connectivity index (χ3v) is 4.02. The Morgan fingerprint density at radius 3 is 2.88 bits per heavy atom. The second-order valence-corrected chi connectivity index (χ2v) is 5.08. The largest absolute Gasteiger partial charge is 0.378 e. The zero-order chi connectivity index (χ0) is 12.4. The lowest BCUT2D eigenvalue weighted by Crippen LogP contribution is -2.47. The van der Waals surface area contributed by atoms with Crippen molar-refractivity contribution in [3.8, 4) is 0 Å². The summed E-state index contributed by atoms with van der Waals surface area (Å²) in [4.78, 5) is 25.8. The summed E-state index contributed by atoms with van der Waals surface area (Å²) in [6, 6.07) is 0. The van der Waals surface area contributed by atoms with Gasteiger partial charge >= 0.3 is 0 Å². The zero-order valence-electron chi connectivity index (χ0n) is 10.6. The number of rotatable bonds is 2. The molecule has 17 heavy (non-hydrogen) atoms. The molecular formula is C13H21NO3. The first-order valence-electron chi connectivity index (χ1n) is 6.56. The summed E-state index contributed by atoms with van der Waals surface area (Å²) >= 11 is 0. The third-order valence-electron chi connectivity index (χ3n) is 4.02. The maximum atomic E-state index is 12.3. The topological polar surface area (TPSA) is 46.6 Å². The number of carbonyl (C=O) groups excluding carboxylic acids is 2. The Kier molecular flexibility index (Phi) is 3.82. The Balaban J connectivity index is 1.98. The summed E-state index contributed by atoms with van der Waals surface area (Å²) in [6.45, 7) is 5.86. The summed E-state index contributed by atoms with van der Waals surface area (Å²) in [5.41, 5.74) is 0. The van der Waals surface area contributed by atoms with Crippen LogP contribution in [0.1, 0.15) is 33.1 Å². The van der Waals surface area contributed by atoms with Crippen molar-refractivity contribution in [3.05, 3.63) is 0 Å². The van der Waals surface area contributed by atoms with Crippen LogP contribution in [0.25, 0.3) is 0 Å². The van der Waals surface area contributed by atoms with E-state index in [0.29, 0.717) is 31.9 Å². The number of ketones is 1. The van der Waals surface area contributed by atoms with Crippen molar-refractivity contribution in [1.29, 1.82) is 0 Å². The van der Waals surface area contributed by atoms with Crippen LogP contribution in [0.3, 0.4) is 0 Å². The lowest BCUT2D eigenvalue weighted by Gasteiger charge is -2.33. The molecule has 0 aromatic carbocycles. The van der Waals surface area contributed by atoms with Crippen molar-refractivity contribution in [2.75, 3.05) is 19.7 Å². The monoisotopic (exact) mass is 239 g/mol. The van der Waals surface area contributed by atoms with Crippen LogP contribution in [0.2, 0.25) is 0 Å². The van der Waals surface area contributed by atoms with E-state index in [0.717, 1.165) is 12.8 Å². The van der Waals surface area contributed by atoms with Crippen molar-refractivity contribution < 1.29 is 14.3 Å². The Morgan fingerprint density at radius 1 is 1.53 bits per heavy atom. The highest BCUT2D eigenvalue weighted by molar-refractivity contribution is 5.86. The van der Waals surface area contributed by atoms with E-state index in [-0.39, 0.29) is 23.8 Å². The molecule has 0 N–H and O–H groups in total. The van der Waals surface area contributed by atoms with Crippen LogP contribution >= 0.6 is 0 Å². The predicted octanol–water partition coefficient (Wildman–Crippen LogP) is 1.24. The fourth-order valence-corrected chi connectivity index (χ4v) is 2.76. The van der Waals surface area contributed by atoms with Gasteiger partial charge < -0.3 is 9.64 Å². The lowest BCUT2D eigenvalue weighted by molar-refractivity contribution is -0.141. The number of amides is 1. The molecule has 0 aromatic rings. The van der Waals surface area contributed by atoms with E-state index in [1.54, 1.807) is 0 Å². The quantitative estimate of drug-likeness (QED) is 0.728. The van der Waals surface area contributed by atoms with Gasteiger partial charge in [0.2, 0.25) is 5.91 Å². The van der Waals surface area contributed by atoms with Crippen LogP contribution in [0.4, 0.5) is 0 Å². The average Bonchev–Trinajstić information content (AvgIpc) is 2.75. The Hall–Kier alpha value is -0.900. The van der Waals surface area contributed by atoms with Crippen molar-refractivity contribution in [1.82, 2.24) is 4.90 Å². The molecule has 3 atom stereocenters. The molecule has 0 bridgehead atoms. The van der Waals surface area contributed by atoms with Crippen molar-refractivity contribution in [3.63, 3.8) is 0 Å². The van der Waals surface area contributed by atoms with Crippen LogP contribution in [0.15, 0.2) is 0 Å². The molecule has 0 saturated carbocycles. The van der Waals surface area contributed by atoms with Crippen molar-refractivity contribution in [2.45, 2.75) is 39.2 Å². The molecular weight excluding hydrogens is 218 g/mol. The van der Waals surface area contributed by atoms with Gasteiger partial charge in [-0.1, -0.05) is 6.92 Å². The Labute approximate surface area is 102 Å². The smallest absolute Gasteiger partial charge is 0.228 e. The number of nitrogens with zero attached hydrogens (tertiary/aromatic N) is 1. The summed E-state index contributed by atoms with van der Waals surface area (Å²) in [7, 11) is 0. The van der Waals surface area contributed by atoms with E-state index >= 15 is 0 Å². The minimum Gasteiger partial charge on any atom is -0.378 e.